The van der Waals surface area contributed by atoms with Gasteiger partial charge in [0.15, 0.2) is 0 Å². The van der Waals surface area contributed by atoms with E-state index in [2.05, 4.69) is 20.6 Å². The summed E-state index contributed by atoms with van der Waals surface area (Å²) < 4.78 is 24.3. The average molecular weight is 368 g/mol. The Morgan fingerprint density at radius 3 is 2.67 bits per heavy atom. The van der Waals surface area contributed by atoms with Crippen molar-refractivity contribution in [1.29, 1.82) is 0 Å². The third-order valence-electron chi connectivity index (χ3n) is 3.96. The second-order valence-electron chi connectivity index (χ2n) is 5.72. The van der Waals surface area contributed by atoms with Gasteiger partial charge in [-0.25, -0.2) is 9.37 Å². The maximum Gasteiger partial charge on any atom is 0.224 e. The molecule has 0 spiro atoms. The molecule has 0 aliphatic rings. The zero-order chi connectivity index (χ0) is 19.1. The molecule has 2 aromatic carbocycles. The number of benzene rings is 2. The van der Waals surface area contributed by atoms with Gasteiger partial charge >= 0.3 is 0 Å². The Morgan fingerprint density at radius 1 is 1.04 bits per heavy atom. The second kappa shape index (κ2) is 8.84. The molecule has 0 fully saturated rings. The van der Waals surface area contributed by atoms with Crippen molar-refractivity contribution in [3.63, 3.8) is 0 Å². The van der Waals surface area contributed by atoms with Crippen molar-refractivity contribution in [2.24, 2.45) is 0 Å². The Morgan fingerprint density at radius 2 is 1.89 bits per heavy atom. The maximum absolute atomic E-state index is 13.7. The highest BCUT2D eigenvalue weighted by atomic mass is 19.1. The van der Waals surface area contributed by atoms with Gasteiger partial charge in [0.05, 0.1) is 19.9 Å². The molecule has 7 heteroatoms. The molecule has 0 atom stereocenters. The van der Waals surface area contributed by atoms with Crippen LogP contribution in [-0.2, 0) is 6.42 Å². The first kappa shape index (κ1) is 18.4. The van der Waals surface area contributed by atoms with Crippen molar-refractivity contribution in [1.82, 2.24) is 9.97 Å². The topological polar surface area (TPSA) is 68.3 Å². The quantitative estimate of drug-likeness (QED) is 0.626. The lowest BCUT2D eigenvalue weighted by atomic mass is 10.1. The van der Waals surface area contributed by atoms with Crippen molar-refractivity contribution in [3.8, 4) is 11.5 Å². The number of ether oxygens (including phenoxy) is 2. The van der Waals surface area contributed by atoms with Gasteiger partial charge in [0.2, 0.25) is 5.95 Å². The SMILES string of the molecule is COc1ccc(OC)c(Nc2ccnc(NCCc3ccccc3F)n2)c1. The molecule has 1 aromatic heterocycles. The predicted molar refractivity (Wildman–Crippen MR) is 103 cm³/mol. The van der Waals surface area contributed by atoms with Crippen molar-refractivity contribution < 1.29 is 13.9 Å². The van der Waals surface area contributed by atoms with Gasteiger partial charge in [-0.15, -0.1) is 0 Å². The van der Waals surface area contributed by atoms with Crippen LogP contribution in [0.25, 0.3) is 0 Å². The largest absolute Gasteiger partial charge is 0.497 e. The highest BCUT2D eigenvalue weighted by Crippen LogP contribution is 2.31. The number of hydrogen-bond acceptors (Lipinski definition) is 6. The zero-order valence-corrected chi connectivity index (χ0v) is 15.2. The molecule has 0 aliphatic carbocycles. The molecule has 6 nitrogen and oxygen atoms in total. The van der Waals surface area contributed by atoms with Gasteiger partial charge in [0, 0.05) is 18.8 Å². The molecule has 0 amide bonds. The molecule has 0 bridgehead atoms. The molecule has 0 saturated heterocycles. The molecular formula is C20H21FN4O2. The van der Waals surface area contributed by atoms with Crippen molar-refractivity contribution in [2.75, 3.05) is 31.4 Å². The minimum absolute atomic E-state index is 0.208. The first-order valence-electron chi connectivity index (χ1n) is 8.49. The van der Waals surface area contributed by atoms with Gasteiger partial charge in [-0.1, -0.05) is 18.2 Å². The number of nitrogens with zero attached hydrogens (tertiary/aromatic N) is 2. The maximum atomic E-state index is 13.7. The van der Waals surface area contributed by atoms with Crippen LogP contribution < -0.4 is 20.1 Å². The lowest BCUT2D eigenvalue weighted by molar-refractivity contribution is 0.405. The summed E-state index contributed by atoms with van der Waals surface area (Å²) in [7, 11) is 3.20. The van der Waals surface area contributed by atoms with E-state index in [9.17, 15) is 4.39 Å². The molecule has 0 unspecified atom stereocenters. The Labute approximate surface area is 157 Å². The van der Waals surface area contributed by atoms with Gasteiger partial charge < -0.3 is 20.1 Å². The average Bonchev–Trinajstić information content (AvgIpc) is 2.70. The molecule has 27 heavy (non-hydrogen) atoms. The molecule has 3 aromatic rings. The molecule has 1 heterocycles. The summed E-state index contributed by atoms with van der Waals surface area (Å²) in [6.45, 7) is 0.521. The molecule has 0 radical (unpaired) electrons. The Balaban J connectivity index is 1.66. The van der Waals surface area contributed by atoms with Crippen LogP contribution in [0.3, 0.4) is 0 Å². The minimum Gasteiger partial charge on any atom is -0.497 e. The lowest BCUT2D eigenvalue weighted by Gasteiger charge is -2.13. The van der Waals surface area contributed by atoms with E-state index in [0.29, 0.717) is 41.8 Å². The van der Waals surface area contributed by atoms with Gasteiger partial charge in [0.1, 0.15) is 23.1 Å². The number of anilines is 3. The van der Waals surface area contributed by atoms with E-state index in [-0.39, 0.29) is 5.82 Å². The number of nitrogens with one attached hydrogen (secondary N) is 2. The summed E-state index contributed by atoms with van der Waals surface area (Å²) in [5.74, 6) is 2.22. The van der Waals surface area contributed by atoms with E-state index in [1.807, 2.05) is 24.3 Å². The molecule has 3 rings (SSSR count). The molecule has 0 aliphatic heterocycles. The summed E-state index contributed by atoms with van der Waals surface area (Å²) in [5.41, 5.74) is 1.38. The third kappa shape index (κ3) is 4.84. The van der Waals surface area contributed by atoms with Crippen molar-refractivity contribution in [3.05, 3.63) is 66.1 Å². The highest BCUT2D eigenvalue weighted by Gasteiger charge is 2.07. The van der Waals surface area contributed by atoms with Crippen LogP contribution in [0.2, 0.25) is 0 Å². The summed E-state index contributed by atoms with van der Waals surface area (Å²) in [5, 5.41) is 6.31. The Kier molecular flexibility index (Phi) is 6.04. The zero-order valence-electron chi connectivity index (χ0n) is 15.2. The fourth-order valence-corrected chi connectivity index (χ4v) is 2.57. The smallest absolute Gasteiger partial charge is 0.224 e. The Hall–Kier alpha value is -3.35. The number of methoxy groups -OCH3 is 2. The van der Waals surface area contributed by atoms with Crippen molar-refractivity contribution >= 4 is 17.5 Å². The van der Waals surface area contributed by atoms with Crippen LogP contribution in [0.4, 0.5) is 21.8 Å². The normalized spacial score (nSPS) is 10.3. The number of aromatic nitrogens is 2. The first-order chi connectivity index (χ1) is 13.2. The number of hydrogen-bond donors (Lipinski definition) is 2. The summed E-state index contributed by atoms with van der Waals surface area (Å²) in [6.07, 6.45) is 2.19. The molecule has 0 saturated carbocycles. The van der Waals surface area contributed by atoms with Crippen LogP contribution in [-0.4, -0.2) is 30.7 Å². The van der Waals surface area contributed by atoms with Gasteiger partial charge in [-0.2, -0.15) is 4.98 Å². The number of halogens is 1. The minimum atomic E-state index is -0.208. The van der Waals surface area contributed by atoms with E-state index >= 15 is 0 Å². The monoisotopic (exact) mass is 368 g/mol. The van der Waals surface area contributed by atoms with E-state index in [1.54, 1.807) is 38.6 Å². The van der Waals surface area contributed by atoms with Crippen LogP contribution in [0.1, 0.15) is 5.56 Å². The fourth-order valence-electron chi connectivity index (χ4n) is 2.57. The van der Waals surface area contributed by atoms with Crippen LogP contribution >= 0.6 is 0 Å². The van der Waals surface area contributed by atoms with Gasteiger partial charge in [-0.05, 0) is 36.2 Å². The van der Waals surface area contributed by atoms with Gasteiger partial charge in [-0.3, -0.25) is 0 Å². The third-order valence-corrected chi connectivity index (χ3v) is 3.96. The predicted octanol–water partition coefficient (Wildman–Crippen LogP) is 4.03. The highest BCUT2D eigenvalue weighted by molar-refractivity contribution is 5.66. The number of rotatable bonds is 8. The van der Waals surface area contributed by atoms with E-state index in [0.717, 1.165) is 5.69 Å². The molecule has 140 valence electrons. The summed E-state index contributed by atoms with van der Waals surface area (Å²) in [4.78, 5) is 8.63. The van der Waals surface area contributed by atoms with E-state index < -0.39 is 0 Å². The summed E-state index contributed by atoms with van der Waals surface area (Å²) >= 11 is 0. The fraction of sp³-hybridized carbons (Fsp3) is 0.200. The molecule has 2 N–H and O–H groups in total. The van der Waals surface area contributed by atoms with Gasteiger partial charge in [0.25, 0.3) is 0 Å². The van der Waals surface area contributed by atoms with E-state index in [1.165, 1.54) is 6.07 Å². The van der Waals surface area contributed by atoms with Crippen LogP contribution in [0.15, 0.2) is 54.7 Å². The van der Waals surface area contributed by atoms with Crippen LogP contribution in [0.5, 0.6) is 11.5 Å². The molecular weight excluding hydrogens is 347 g/mol. The lowest BCUT2D eigenvalue weighted by Crippen LogP contribution is -2.09. The Bertz CT molecular complexity index is 905. The first-order valence-corrected chi connectivity index (χ1v) is 8.49. The van der Waals surface area contributed by atoms with Crippen LogP contribution in [0, 0.1) is 5.82 Å². The summed E-state index contributed by atoms with van der Waals surface area (Å²) in [6, 6.07) is 13.9. The standard InChI is InChI=1S/C20H21FN4O2/c1-26-15-7-8-18(27-2)17(13-15)24-19-10-12-23-20(25-19)22-11-9-14-5-3-4-6-16(14)21/h3-8,10,12-13H,9,11H2,1-2H3,(H2,22,23,24,25). The van der Waals surface area contributed by atoms with Crippen molar-refractivity contribution in [2.45, 2.75) is 6.42 Å². The van der Waals surface area contributed by atoms with E-state index in [4.69, 9.17) is 9.47 Å². The second-order valence-corrected chi connectivity index (χ2v) is 5.72.